The molecule has 0 aliphatic carbocycles. The van der Waals surface area contributed by atoms with Crippen LogP contribution in [0.15, 0.2) is 61.1 Å². The summed E-state index contributed by atoms with van der Waals surface area (Å²) in [6.07, 6.45) is 8.70. The molecule has 1 fully saturated rings. The van der Waals surface area contributed by atoms with Crippen LogP contribution in [-0.4, -0.2) is 59.7 Å². The van der Waals surface area contributed by atoms with Crippen molar-refractivity contribution in [3.63, 3.8) is 0 Å². The molecule has 2 aliphatic heterocycles. The van der Waals surface area contributed by atoms with Crippen molar-refractivity contribution in [1.29, 1.82) is 0 Å². The Kier molecular flexibility index (Phi) is 5.98. The standard InChI is InChI=1S/C25H27N5O2/c1-31-19-7-8-24-22(17-19)20(21-5-2-9-26-23(21)18-32-24)6-3-12-29-13-15-30(16-14-29)25-27-10-4-11-28-25/h2,4-11,17H,3,12-16,18H2,1H3/b20-6+. The second kappa shape index (κ2) is 9.36. The zero-order chi connectivity index (χ0) is 21.8. The number of benzene rings is 1. The van der Waals surface area contributed by atoms with Gasteiger partial charge in [-0.15, -0.1) is 0 Å². The number of nitrogens with zero attached hydrogens (tertiary/aromatic N) is 5. The fourth-order valence-electron chi connectivity index (χ4n) is 4.30. The van der Waals surface area contributed by atoms with Crippen LogP contribution in [0.25, 0.3) is 5.57 Å². The second-order valence-corrected chi connectivity index (χ2v) is 7.93. The van der Waals surface area contributed by atoms with Crippen molar-refractivity contribution in [1.82, 2.24) is 19.9 Å². The van der Waals surface area contributed by atoms with Gasteiger partial charge in [0.05, 0.1) is 12.8 Å². The van der Waals surface area contributed by atoms with E-state index in [4.69, 9.17) is 9.47 Å². The minimum absolute atomic E-state index is 0.469. The zero-order valence-corrected chi connectivity index (χ0v) is 18.3. The van der Waals surface area contributed by atoms with E-state index < -0.39 is 0 Å². The molecule has 2 aromatic heterocycles. The molecule has 0 unspecified atom stereocenters. The molecule has 0 saturated carbocycles. The van der Waals surface area contributed by atoms with Crippen LogP contribution in [-0.2, 0) is 6.61 Å². The number of piperazine rings is 1. The summed E-state index contributed by atoms with van der Waals surface area (Å²) in [6, 6.07) is 12.0. The molecule has 0 bridgehead atoms. The molecule has 0 amide bonds. The zero-order valence-electron chi connectivity index (χ0n) is 18.3. The Morgan fingerprint density at radius 3 is 2.59 bits per heavy atom. The number of methoxy groups -OCH3 is 1. The van der Waals surface area contributed by atoms with Crippen molar-refractivity contribution >= 4 is 11.5 Å². The minimum Gasteiger partial charge on any atom is -0.497 e. The molecule has 0 radical (unpaired) electrons. The van der Waals surface area contributed by atoms with Gasteiger partial charge in [-0.2, -0.15) is 0 Å². The molecule has 32 heavy (non-hydrogen) atoms. The molecule has 4 heterocycles. The average Bonchev–Trinajstić information content (AvgIpc) is 3.01. The van der Waals surface area contributed by atoms with Crippen molar-refractivity contribution in [2.45, 2.75) is 13.0 Å². The lowest BCUT2D eigenvalue weighted by atomic mass is 9.95. The lowest BCUT2D eigenvalue weighted by Crippen LogP contribution is -2.47. The minimum atomic E-state index is 0.469. The predicted octanol–water partition coefficient (Wildman–Crippen LogP) is 3.42. The summed E-state index contributed by atoms with van der Waals surface area (Å²) in [4.78, 5) is 18.1. The van der Waals surface area contributed by atoms with Gasteiger partial charge in [0.25, 0.3) is 0 Å². The summed E-state index contributed by atoms with van der Waals surface area (Å²) in [5.74, 6) is 2.51. The first-order chi connectivity index (χ1) is 15.8. The largest absolute Gasteiger partial charge is 0.497 e. The molecule has 1 saturated heterocycles. The fraction of sp³-hybridized carbons (Fsp3) is 0.320. The number of anilines is 1. The molecule has 0 N–H and O–H groups in total. The number of hydrogen-bond donors (Lipinski definition) is 0. The van der Waals surface area contributed by atoms with Gasteiger partial charge in [0.2, 0.25) is 5.95 Å². The van der Waals surface area contributed by atoms with Crippen LogP contribution in [0.2, 0.25) is 0 Å². The maximum Gasteiger partial charge on any atom is 0.225 e. The van der Waals surface area contributed by atoms with E-state index in [1.165, 1.54) is 0 Å². The lowest BCUT2D eigenvalue weighted by molar-refractivity contribution is 0.261. The Labute approximate surface area is 188 Å². The van der Waals surface area contributed by atoms with E-state index in [0.29, 0.717) is 6.61 Å². The fourth-order valence-corrected chi connectivity index (χ4v) is 4.30. The molecule has 0 atom stereocenters. The predicted molar refractivity (Wildman–Crippen MR) is 124 cm³/mol. The van der Waals surface area contributed by atoms with Crippen LogP contribution in [0.5, 0.6) is 11.5 Å². The molecule has 5 rings (SSSR count). The molecule has 2 aliphatic rings. The highest BCUT2D eigenvalue weighted by Gasteiger charge is 2.21. The van der Waals surface area contributed by atoms with Crippen molar-refractivity contribution in [2.75, 3.05) is 44.7 Å². The van der Waals surface area contributed by atoms with Gasteiger partial charge >= 0.3 is 0 Å². The molecule has 7 heteroatoms. The van der Waals surface area contributed by atoms with Crippen LogP contribution in [0.3, 0.4) is 0 Å². The van der Waals surface area contributed by atoms with Crippen molar-refractivity contribution in [3.05, 3.63) is 77.9 Å². The van der Waals surface area contributed by atoms with Gasteiger partial charge in [-0.3, -0.25) is 9.88 Å². The number of pyridine rings is 1. The van der Waals surface area contributed by atoms with Crippen LogP contribution in [0, 0.1) is 0 Å². The van der Waals surface area contributed by atoms with Crippen LogP contribution in [0.4, 0.5) is 5.95 Å². The SMILES string of the molecule is COc1ccc2c(c1)/C(=C/CCN1CCN(c3ncccn3)CC1)c1cccnc1CO2. The second-order valence-electron chi connectivity index (χ2n) is 7.93. The smallest absolute Gasteiger partial charge is 0.225 e. The highest BCUT2D eigenvalue weighted by atomic mass is 16.5. The number of fused-ring (bicyclic) bond motifs is 2. The Morgan fingerprint density at radius 2 is 1.78 bits per heavy atom. The Morgan fingerprint density at radius 1 is 0.969 bits per heavy atom. The van der Waals surface area contributed by atoms with E-state index in [1.807, 2.05) is 30.5 Å². The van der Waals surface area contributed by atoms with Crippen molar-refractivity contribution in [3.8, 4) is 11.5 Å². The van der Waals surface area contributed by atoms with Crippen molar-refractivity contribution < 1.29 is 9.47 Å². The maximum atomic E-state index is 6.07. The Bertz CT molecular complexity index is 1090. The quantitative estimate of drug-likeness (QED) is 0.616. The topological polar surface area (TPSA) is 63.6 Å². The first-order valence-electron chi connectivity index (χ1n) is 11.0. The third kappa shape index (κ3) is 4.29. The van der Waals surface area contributed by atoms with E-state index in [1.54, 1.807) is 19.5 Å². The van der Waals surface area contributed by atoms with Gasteiger partial charge in [0, 0.05) is 62.4 Å². The third-order valence-electron chi connectivity index (χ3n) is 6.02. The molecule has 1 aromatic carbocycles. The number of aromatic nitrogens is 3. The van der Waals surface area contributed by atoms with Crippen LogP contribution in [0.1, 0.15) is 23.2 Å². The van der Waals surface area contributed by atoms with Gasteiger partial charge in [-0.1, -0.05) is 12.1 Å². The lowest BCUT2D eigenvalue weighted by Gasteiger charge is -2.34. The monoisotopic (exact) mass is 429 g/mol. The number of rotatable bonds is 5. The normalized spacial score (nSPS) is 17.3. The van der Waals surface area contributed by atoms with Crippen LogP contribution >= 0.6 is 0 Å². The highest BCUT2D eigenvalue weighted by Crippen LogP contribution is 2.38. The molecular weight excluding hydrogens is 402 g/mol. The van der Waals surface area contributed by atoms with E-state index in [9.17, 15) is 0 Å². The number of ether oxygens (including phenoxy) is 2. The average molecular weight is 430 g/mol. The first kappa shape index (κ1) is 20.5. The summed E-state index contributed by atoms with van der Waals surface area (Å²) >= 11 is 0. The summed E-state index contributed by atoms with van der Waals surface area (Å²) in [7, 11) is 1.69. The molecule has 3 aromatic rings. The molecule has 0 spiro atoms. The van der Waals surface area contributed by atoms with Crippen molar-refractivity contribution in [2.24, 2.45) is 0 Å². The van der Waals surface area contributed by atoms with Crippen LogP contribution < -0.4 is 14.4 Å². The van der Waals surface area contributed by atoms with E-state index >= 15 is 0 Å². The van der Waals surface area contributed by atoms with Gasteiger partial charge in [0.1, 0.15) is 18.1 Å². The summed E-state index contributed by atoms with van der Waals surface area (Å²) < 4.78 is 11.6. The molecular formula is C25H27N5O2. The van der Waals surface area contributed by atoms with Gasteiger partial charge in [-0.25, -0.2) is 9.97 Å². The summed E-state index contributed by atoms with van der Waals surface area (Å²) in [5, 5.41) is 0. The van der Waals surface area contributed by atoms with Gasteiger partial charge in [-0.05, 0) is 42.3 Å². The van der Waals surface area contributed by atoms with Gasteiger partial charge < -0.3 is 14.4 Å². The van der Waals surface area contributed by atoms with E-state index in [-0.39, 0.29) is 0 Å². The third-order valence-corrected chi connectivity index (χ3v) is 6.02. The van der Waals surface area contributed by atoms with E-state index in [0.717, 1.165) is 79.0 Å². The Balaban J connectivity index is 1.32. The summed E-state index contributed by atoms with van der Waals surface area (Å²) in [6.45, 7) is 5.38. The van der Waals surface area contributed by atoms with Gasteiger partial charge in [0.15, 0.2) is 0 Å². The highest BCUT2D eigenvalue weighted by molar-refractivity contribution is 5.85. The Hall–Kier alpha value is -3.45. The van der Waals surface area contributed by atoms with E-state index in [2.05, 4.69) is 43.0 Å². The first-order valence-corrected chi connectivity index (χ1v) is 11.0. The number of hydrogen-bond acceptors (Lipinski definition) is 7. The summed E-state index contributed by atoms with van der Waals surface area (Å²) in [5.41, 5.74) is 4.31. The molecule has 7 nitrogen and oxygen atoms in total. The maximum absolute atomic E-state index is 6.07. The molecule has 164 valence electrons.